The molecule has 1 aromatic rings. The molecule has 0 atom stereocenters. The highest BCUT2D eigenvalue weighted by molar-refractivity contribution is 5.29. The summed E-state index contributed by atoms with van der Waals surface area (Å²) < 4.78 is 53.0. The smallest absolute Gasteiger partial charge is 0.167 e. The highest BCUT2D eigenvalue weighted by Gasteiger charge is 2.24. The van der Waals surface area contributed by atoms with Gasteiger partial charge in [-0.05, 0) is 12.8 Å². The Kier molecular flexibility index (Phi) is 4.29. The maximum absolute atomic E-state index is 13.3. The third kappa shape index (κ3) is 2.19. The summed E-state index contributed by atoms with van der Waals surface area (Å²) in [5.74, 6) is -5.83. The Hall–Kier alpha value is -1.10. The van der Waals surface area contributed by atoms with E-state index in [1.165, 1.54) is 0 Å². The first-order valence-corrected chi connectivity index (χ1v) is 4.99. The molecule has 1 nitrogen and oxygen atoms in total. The highest BCUT2D eigenvalue weighted by atomic mass is 19.2. The van der Waals surface area contributed by atoms with Crippen molar-refractivity contribution >= 4 is 0 Å². The van der Waals surface area contributed by atoms with Gasteiger partial charge in [-0.15, -0.1) is 0 Å². The molecular weight excluding hydrogens is 224 g/mol. The number of halogens is 4. The van der Waals surface area contributed by atoms with Crippen molar-refractivity contribution in [2.24, 2.45) is 0 Å². The number of aliphatic hydroxyl groups is 1. The molecule has 0 bridgehead atoms. The average Bonchev–Trinajstić information content (AvgIpc) is 2.27. The van der Waals surface area contributed by atoms with Gasteiger partial charge < -0.3 is 5.11 Å². The zero-order valence-electron chi connectivity index (χ0n) is 8.79. The Balaban J connectivity index is 3.29. The van der Waals surface area contributed by atoms with Gasteiger partial charge >= 0.3 is 0 Å². The van der Waals surface area contributed by atoms with Crippen molar-refractivity contribution in [3.05, 3.63) is 34.4 Å². The number of benzene rings is 1. The SMILES string of the molecule is CCCCc1c(F)c(F)c(CO)c(F)c1F. The molecule has 0 spiro atoms. The fraction of sp³-hybridized carbons (Fsp3) is 0.455. The molecule has 5 heteroatoms. The lowest BCUT2D eigenvalue weighted by atomic mass is 10.0. The minimum absolute atomic E-state index is 0.0618. The lowest BCUT2D eigenvalue weighted by molar-refractivity contribution is 0.262. The predicted molar refractivity (Wildman–Crippen MR) is 50.8 cm³/mol. The van der Waals surface area contributed by atoms with E-state index >= 15 is 0 Å². The molecule has 90 valence electrons. The summed E-state index contributed by atoms with van der Waals surface area (Å²) in [6.07, 6.45) is 1.03. The van der Waals surface area contributed by atoms with Crippen LogP contribution in [0.4, 0.5) is 17.6 Å². The molecule has 0 saturated heterocycles. The van der Waals surface area contributed by atoms with E-state index in [1.807, 2.05) is 0 Å². The second kappa shape index (κ2) is 5.30. The minimum atomic E-state index is -1.51. The summed E-state index contributed by atoms with van der Waals surface area (Å²) in [6, 6.07) is 0. The van der Waals surface area contributed by atoms with E-state index in [0.29, 0.717) is 12.8 Å². The van der Waals surface area contributed by atoms with Gasteiger partial charge in [-0.3, -0.25) is 0 Å². The van der Waals surface area contributed by atoms with E-state index in [2.05, 4.69) is 0 Å². The Morgan fingerprint density at radius 2 is 1.31 bits per heavy atom. The molecule has 0 radical (unpaired) electrons. The van der Waals surface area contributed by atoms with E-state index in [4.69, 9.17) is 5.11 Å². The van der Waals surface area contributed by atoms with E-state index in [-0.39, 0.29) is 6.42 Å². The van der Waals surface area contributed by atoms with Crippen molar-refractivity contribution < 1.29 is 22.7 Å². The number of aliphatic hydroxyl groups excluding tert-OH is 1. The molecular formula is C11H12F4O. The van der Waals surface area contributed by atoms with Crippen molar-refractivity contribution in [2.75, 3.05) is 0 Å². The topological polar surface area (TPSA) is 20.2 Å². The van der Waals surface area contributed by atoms with Crippen LogP contribution in [0.2, 0.25) is 0 Å². The molecule has 16 heavy (non-hydrogen) atoms. The van der Waals surface area contributed by atoms with E-state index in [1.54, 1.807) is 6.92 Å². The van der Waals surface area contributed by atoms with Gasteiger partial charge in [-0.25, -0.2) is 17.6 Å². The number of hydrogen-bond acceptors (Lipinski definition) is 1. The number of hydrogen-bond donors (Lipinski definition) is 1. The molecule has 1 rings (SSSR count). The van der Waals surface area contributed by atoms with Crippen molar-refractivity contribution in [2.45, 2.75) is 32.8 Å². The molecule has 0 heterocycles. The number of unbranched alkanes of at least 4 members (excludes halogenated alkanes) is 1. The molecule has 0 amide bonds. The van der Waals surface area contributed by atoms with Gasteiger partial charge in [-0.1, -0.05) is 13.3 Å². The quantitative estimate of drug-likeness (QED) is 0.629. The Morgan fingerprint density at radius 3 is 1.69 bits per heavy atom. The first kappa shape index (κ1) is 13.0. The third-order valence-electron chi connectivity index (χ3n) is 2.38. The molecule has 0 aromatic heterocycles. The van der Waals surface area contributed by atoms with Crippen LogP contribution in [-0.2, 0) is 13.0 Å². The van der Waals surface area contributed by atoms with Crippen LogP contribution in [0.1, 0.15) is 30.9 Å². The van der Waals surface area contributed by atoms with Crippen LogP contribution in [-0.4, -0.2) is 5.11 Å². The fourth-order valence-corrected chi connectivity index (χ4v) is 1.43. The normalized spacial score (nSPS) is 10.9. The van der Waals surface area contributed by atoms with Crippen LogP contribution in [0, 0.1) is 23.3 Å². The Labute approximate surface area is 90.7 Å². The molecule has 0 aliphatic heterocycles. The molecule has 1 aromatic carbocycles. The van der Waals surface area contributed by atoms with Crippen molar-refractivity contribution in [3.8, 4) is 0 Å². The van der Waals surface area contributed by atoms with Crippen LogP contribution in [0.15, 0.2) is 0 Å². The van der Waals surface area contributed by atoms with Crippen molar-refractivity contribution in [3.63, 3.8) is 0 Å². The van der Waals surface area contributed by atoms with E-state index < -0.39 is 41.0 Å². The molecule has 0 fully saturated rings. The Bertz CT molecular complexity index is 361. The van der Waals surface area contributed by atoms with Gasteiger partial charge in [0.05, 0.1) is 12.2 Å². The zero-order valence-corrected chi connectivity index (χ0v) is 8.79. The lowest BCUT2D eigenvalue weighted by Gasteiger charge is -2.10. The summed E-state index contributed by atoms with van der Waals surface area (Å²) >= 11 is 0. The third-order valence-corrected chi connectivity index (χ3v) is 2.38. The Morgan fingerprint density at radius 1 is 0.875 bits per heavy atom. The molecule has 1 N–H and O–H groups in total. The highest BCUT2D eigenvalue weighted by Crippen LogP contribution is 2.25. The fourth-order valence-electron chi connectivity index (χ4n) is 1.43. The average molecular weight is 236 g/mol. The van der Waals surface area contributed by atoms with Gasteiger partial charge in [0, 0.05) is 5.56 Å². The largest absolute Gasteiger partial charge is 0.391 e. The summed E-state index contributed by atoms with van der Waals surface area (Å²) in [4.78, 5) is 0. The lowest BCUT2D eigenvalue weighted by Crippen LogP contribution is -2.08. The van der Waals surface area contributed by atoms with Crippen LogP contribution >= 0.6 is 0 Å². The van der Waals surface area contributed by atoms with Crippen molar-refractivity contribution in [1.82, 2.24) is 0 Å². The standard InChI is InChI=1S/C11H12F4O/c1-2-3-4-6-8(12)10(14)7(5-16)11(15)9(6)13/h16H,2-5H2,1H3. The monoisotopic (exact) mass is 236 g/mol. The van der Waals surface area contributed by atoms with Crippen LogP contribution in [0.25, 0.3) is 0 Å². The molecule has 0 saturated carbocycles. The summed E-state index contributed by atoms with van der Waals surface area (Å²) in [7, 11) is 0. The first-order chi connectivity index (χ1) is 7.54. The van der Waals surface area contributed by atoms with E-state index in [9.17, 15) is 17.6 Å². The second-order valence-electron chi connectivity index (χ2n) is 3.47. The maximum atomic E-state index is 13.3. The van der Waals surface area contributed by atoms with Gasteiger partial charge in [0.15, 0.2) is 23.3 Å². The minimum Gasteiger partial charge on any atom is -0.391 e. The molecule has 0 aliphatic carbocycles. The van der Waals surface area contributed by atoms with Crippen LogP contribution in [0.5, 0.6) is 0 Å². The van der Waals surface area contributed by atoms with Gasteiger partial charge in [0.2, 0.25) is 0 Å². The van der Waals surface area contributed by atoms with Gasteiger partial charge in [0.25, 0.3) is 0 Å². The van der Waals surface area contributed by atoms with Gasteiger partial charge in [-0.2, -0.15) is 0 Å². The van der Waals surface area contributed by atoms with Crippen LogP contribution in [0.3, 0.4) is 0 Å². The number of rotatable bonds is 4. The second-order valence-corrected chi connectivity index (χ2v) is 3.47. The summed E-state index contributed by atoms with van der Waals surface area (Å²) in [5, 5.41) is 8.60. The zero-order chi connectivity index (χ0) is 12.3. The van der Waals surface area contributed by atoms with Gasteiger partial charge in [0.1, 0.15) is 0 Å². The summed E-state index contributed by atoms with van der Waals surface area (Å²) in [6.45, 7) is 0.726. The maximum Gasteiger partial charge on any atom is 0.167 e. The van der Waals surface area contributed by atoms with Crippen LogP contribution < -0.4 is 0 Å². The van der Waals surface area contributed by atoms with E-state index in [0.717, 1.165) is 0 Å². The van der Waals surface area contributed by atoms with Crippen molar-refractivity contribution in [1.29, 1.82) is 0 Å². The first-order valence-electron chi connectivity index (χ1n) is 4.99. The summed E-state index contributed by atoms with van der Waals surface area (Å²) in [5.41, 5.74) is -1.55. The molecule has 0 aliphatic rings. The molecule has 0 unspecified atom stereocenters. The predicted octanol–water partition coefficient (Wildman–Crippen LogP) is 3.08.